The second kappa shape index (κ2) is 7.05. The van der Waals surface area contributed by atoms with Crippen molar-refractivity contribution in [1.29, 1.82) is 0 Å². The van der Waals surface area contributed by atoms with Gasteiger partial charge in [-0.15, -0.1) is 0 Å². The molecule has 0 aromatic carbocycles. The molecule has 0 bridgehead atoms. The summed E-state index contributed by atoms with van der Waals surface area (Å²) in [5.74, 6) is 0. The second-order valence-electron chi connectivity index (χ2n) is 5.95. The Morgan fingerprint density at radius 2 is 0.800 bits per heavy atom. The van der Waals surface area contributed by atoms with Crippen molar-refractivity contribution in [3.8, 4) is 0 Å². The minimum atomic E-state index is -0.183. The van der Waals surface area contributed by atoms with E-state index >= 15 is 0 Å². The van der Waals surface area contributed by atoms with E-state index in [0.717, 1.165) is 0 Å². The summed E-state index contributed by atoms with van der Waals surface area (Å²) in [5, 5.41) is 0. The zero-order chi connectivity index (χ0) is 10.3. The van der Waals surface area contributed by atoms with Crippen LogP contribution in [-0.4, -0.2) is 0 Å². The van der Waals surface area contributed by atoms with Crippen LogP contribution in [0.5, 0.6) is 0 Å². The van der Waals surface area contributed by atoms with Gasteiger partial charge < -0.3 is 0 Å². The van der Waals surface area contributed by atoms with E-state index < -0.39 is 0 Å². The molecule has 84 valence electrons. The van der Waals surface area contributed by atoms with Gasteiger partial charge in [0.2, 0.25) is 0 Å². The molecular formula is C14H26Zn. The topological polar surface area (TPSA) is 0 Å². The third kappa shape index (κ3) is 4.55. The molecule has 0 amide bonds. The number of hydrogen-bond donors (Lipinski definition) is 0. The van der Waals surface area contributed by atoms with Crippen LogP contribution in [0.4, 0.5) is 0 Å². The molecule has 2 saturated carbocycles. The van der Waals surface area contributed by atoms with Gasteiger partial charge in [-0.05, 0) is 0 Å². The Hall–Kier alpha value is 0.623. The van der Waals surface area contributed by atoms with E-state index in [9.17, 15) is 0 Å². The van der Waals surface area contributed by atoms with Crippen LogP contribution in [0.25, 0.3) is 0 Å². The second-order valence-corrected chi connectivity index (χ2v) is 11.8. The van der Waals surface area contributed by atoms with E-state index in [0.29, 0.717) is 0 Å². The molecule has 0 saturated heterocycles. The fourth-order valence-corrected chi connectivity index (χ4v) is 10.0. The van der Waals surface area contributed by atoms with Crippen LogP contribution in [0.15, 0.2) is 0 Å². The van der Waals surface area contributed by atoms with Crippen molar-refractivity contribution in [2.45, 2.75) is 86.1 Å². The summed E-state index contributed by atoms with van der Waals surface area (Å²) < 4.78 is 2.59. The zero-order valence-electron chi connectivity index (χ0n) is 10.3. The van der Waals surface area contributed by atoms with Gasteiger partial charge in [0.25, 0.3) is 0 Å². The first-order chi connectivity index (χ1) is 7.45. The monoisotopic (exact) mass is 258 g/mol. The molecule has 0 nitrogen and oxygen atoms in total. The maximum atomic E-state index is 1.64. The Morgan fingerprint density at radius 1 is 0.467 bits per heavy atom. The molecule has 0 unspecified atom stereocenters. The first kappa shape index (κ1) is 12.1. The van der Waals surface area contributed by atoms with Crippen molar-refractivity contribution < 1.29 is 17.1 Å². The van der Waals surface area contributed by atoms with Crippen LogP contribution < -0.4 is 0 Å². The molecule has 0 N–H and O–H groups in total. The van der Waals surface area contributed by atoms with E-state index in [1.54, 1.807) is 77.0 Å². The van der Waals surface area contributed by atoms with Gasteiger partial charge in [0, 0.05) is 0 Å². The minimum absolute atomic E-state index is 0.183. The molecule has 0 spiro atoms. The van der Waals surface area contributed by atoms with Crippen LogP contribution in [0, 0.1) is 0 Å². The molecule has 2 aliphatic carbocycles. The van der Waals surface area contributed by atoms with Gasteiger partial charge in [-0.1, -0.05) is 0 Å². The molecule has 0 aliphatic heterocycles. The Morgan fingerprint density at radius 3 is 1.13 bits per heavy atom. The first-order valence-electron chi connectivity index (χ1n) is 7.45. The average Bonchev–Trinajstić information content (AvgIpc) is 2.63. The Labute approximate surface area is 103 Å². The van der Waals surface area contributed by atoms with Gasteiger partial charge in [-0.2, -0.15) is 0 Å². The SMILES string of the molecule is C1CCC[CH]([Zn][CH]2CCCCCC2)CC1. The van der Waals surface area contributed by atoms with Crippen molar-refractivity contribution in [2.24, 2.45) is 0 Å². The third-order valence-electron chi connectivity index (χ3n) is 4.62. The molecule has 2 fully saturated rings. The van der Waals surface area contributed by atoms with Crippen molar-refractivity contribution in [2.75, 3.05) is 0 Å². The van der Waals surface area contributed by atoms with Crippen molar-refractivity contribution in [3.05, 3.63) is 0 Å². The van der Waals surface area contributed by atoms with E-state index in [1.165, 1.54) is 9.02 Å². The predicted molar refractivity (Wildman–Crippen MR) is 62.9 cm³/mol. The van der Waals surface area contributed by atoms with E-state index in [4.69, 9.17) is 0 Å². The normalized spacial score (nSPS) is 26.7. The summed E-state index contributed by atoms with van der Waals surface area (Å²) in [6, 6.07) is 0. The number of rotatable bonds is 2. The van der Waals surface area contributed by atoms with Crippen molar-refractivity contribution in [3.63, 3.8) is 0 Å². The van der Waals surface area contributed by atoms with Gasteiger partial charge in [-0.3, -0.25) is 0 Å². The standard InChI is InChI=1S/2C7H13.Zn/c2*1-2-4-6-7-5-3-1;/h2*1H,2-7H2;. The summed E-state index contributed by atoms with van der Waals surface area (Å²) in [6.07, 6.45) is 19.0. The van der Waals surface area contributed by atoms with Crippen LogP contribution >= 0.6 is 0 Å². The van der Waals surface area contributed by atoms with Gasteiger partial charge in [-0.25, -0.2) is 0 Å². The molecule has 0 aromatic heterocycles. The van der Waals surface area contributed by atoms with Crippen molar-refractivity contribution in [1.82, 2.24) is 0 Å². The molecule has 15 heavy (non-hydrogen) atoms. The van der Waals surface area contributed by atoms with E-state index in [2.05, 4.69) is 0 Å². The summed E-state index contributed by atoms with van der Waals surface area (Å²) >= 11 is -0.183. The summed E-state index contributed by atoms with van der Waals surface area (Å²) in [6.45, 7) is 0. The van der Waals surface area contributed by atoms with Gasteiger partial charge >= 0.3 is 103 Å². The van der Waals surface area contributed by atoms with E-state index in [-0.39, 0.29) is 17.1 Å². The molecule has 0 heterocycles. The fourth-order valence-electron chi connectivity index (χ4n) is 3.67. The van der Waals surface area contributed by atoms with Gasteiger partial charge in [0.05, 0.1) is 0 Å². The van der Waals surface area contributed by atoms with Gasteiger partial charge in [0.1, 0.15) is 0 Å². The Kier molecular flexibility index (Phi) is 5.68. The van der Waals surface area contributed by atoms with Crippen LogP contribution in [0.2, 0.25) is 9.02 Å². The number of hydrogen-bond acceptors (Lipinski definition) is 0. The molecule has 0 atom stereocenters. The average molecular weight is 260 g/mol. The zero-order valence-corrected chi connectivity index (χ0v) is 13.3. The van der Waals surface area contributed by atoms with Crippen molar-refractivity contribution >= 4 is 0 Å². The molecule has 0 aromatic rings. The summed E-state index contributed by atoms with van der Waals surface area (Å²) in [4.78, 5) is 0. The quantitative estimate of drug-likeness (QED) is 0.463. The van der Waals surface area contributed by atoms with Crippen LogP contribution in [0.3, 0.4) is 0 Å². The summed E-state index contributed by atoms with van der Waals surface area (Å²) in [5.41, 5.74) is 0. The maximum absolute atomic E-state index is 1.64. The summed E-state index contributed by atoms with van der Waals surface area (Å²) in [7, 11) is 0. The van der Waals surface area contributed by atoms with Crippen LogP contribution in [-0.2, 0) is 17.1 Å². The predicted octanol–water partition coefficient (Wildman–Crippen LogP) is 5.35. The van der Waals surface area contributed by atoms with Crippen LogP contribution in [0.1, 0.15) is 77.0 Å². The molecule has 2 aliphatic rings. The Bertz CT molecular complexity index is 133. The van der Waals surface area contributed by atoms with Gasteiger partial charge in [0.15, 0.2) is 0 Å². The Balaban J connectivity index is 1.73. The third-order valence-corrected chi connectivity index (χ3v) is 10.8. The molecule has 1 heteroatoms. The fraction of sp³-hybridized carbons (Fsp3) is 1.00. The molecular weight excluding hydrogens is 234 g/mol. The molecule has 0 radical (unpaired) electrons. The molecule has 2 rings (SSSR count). The van der Waals surface area contributed by atoms with E-state index in [1.807, 2.05) is 0 Å². The first-order valence-corrected chi connectivity index (χ1v) is 10.9.